The Bertz CT molecular complexity index is 591. The van der Waals surface area contributed by atoms with Crippen LogP contribution in [0.5, 0.6) is 0 Å². The van der Waals surface area contributed by atoms with Crippen LogP contribution in [-0.4, -0.2) is 22.5 Å². The van der Waals surface area contributed by atoms with Crippen LogP contribution in [0.2, 0.25) is 0 Å². The molecule has 8 nitrogen and oxygen atoms in total. The number of carboxylic acids is 1. The van der Waals surface area contributed by atoms with Gasteiger partial charge in [-0.2, -0.15) is 0 Å². The van der Waals surface area contributed by atoms with Gasteiger partial charge < -0.3 is 5.11 Å². The Kier molecular flexibility index (Phi) is 5.74. The second kappa shape index (κ2) is 7.55. The zero-order valence-corrected chi connectivity index (χ0v) is 10.5. The van der Waals surface area contributed by atoms with Crippen LogP contribution in [0.4, 0.5) is 5.69 Å². The smallest absolute Gasteiger partial charge is 0.308 e. The molecule has 0 radical (unpaired) electrons. The third-order valence-electron chi connectivity index (χ3n) is 2.42. The molecule has 1 aromatic carbocycles. The molecule has 0 unspecified atom stereocenters. The van der Waals surface area contributed by atoms with Crippen LogP contribution in [0.1, 0.15) is 17.5 Å². The molecule has 20 heavy (non-hydrogen) atoms. The van der Waals surface area contributed by atoms with Crippen LogP contribution in [0.15, 0.2) is 29.4 Å². The number of aliphatic carboxylic acids is 1. The highest BCUT2D eigenvalue weighted by atomic mass is 16.6. The molecule has 8 heteroatoms. The van der Waals surface area contributed by atoms with Crippen LogP contribution in [0.3, 0.4) is 0 Å². The van der Waals surface area contributed by atoms with Crippen molar-refractivity contribution in [3.05, 3.63) is 56.0 Å². The number of nitrogens with zero attached hydrogens (tertiary/aromatic N) is 4. The zero-order valence-electron chi connectivity index (χ0n) is 10.5. The van der Waals surface area contributed by atoms with Gasteiger partial charge in [0, 0.05) is 23.1 Å². The third kappa shape index (κ3) is 4.79. The summed E-state index contributed by atoms with van der Waals surface area (Å²) >= 11 is 0. The number of rotatable bonds is 7. The van der Waals surface area contributed by atoms with Crippen LogP contribution in [0.25, 0.3) is 16.5 Å². The average molecular weight is 276 g/mol. The highest BCUT2D eigenvalue weighted by Gasteiger charge is 2.16. The fourth-order valence-electron chi connectivity index (χ4n) is 1.56. The summed E-state index contributed by atoms with van der Waals surface area (Å²) in [5.41, 5.74) is 8.63. The van der Waals surface area contributed by atoms with E-state index >= 15 is 0 Å². The summed E-state index contributed by atoms with van der Waals surface area (Å²) in [5.74, 6) is -1.12. The van der Waals surface area contributed by atoms with Crippen molar-refractivity contribution in [2.75, 3.05) is 6.54 Å². The minimum atomic E-state index is -1.12. The quantitative estimate of drug-likeness (QED) is 0.205. The van der Waals surface area contributed by atoms with E-state index in [9.17, 15) is 14.9 Å². The van der Waals surface area contributed by atoms with Gasteiger partial charge in [0.1, 0.15) is 0 Å². The summed E-state index contributed by atoms with van der Waals surface area (Å²) in [6.07, 6.45) is 3.51. The van der Waals surface area contributed by atoms with Crippen LogP contribution < -0.4 is 0 Å². The summed E-state index contributed by atoms with van der Waals surface area (Å²) in [7, 11) is 0. The van der Waals surface area contributed by atoms with Crippen molar-refractivity contribution in [3.8, 4) is 0 Å². The molecule has 0 fully saturated rings. The fraction of sp³-hybridized carbons (Fsp3) is 0.250. The van der Waals surface area contributed by atoms with Gasteiger partial charge in [-0.3, -0.25) is 14.9 Å². The second-order valence-corrected chi connectivity index (χ2v) is 3.86. The van der Waals surface area contributed by atoms with Crippen LogP contribution >= 0.6 is 0 Å². The number of carboxylic acid groups (broad SMARTS) is 1. The predicted molar refractivity (Wildman–Crippen MR) is 72.1 cm³/mol. The molecule has 0 atom stereocenters. The Morgan fingerprint density at radius 1 is 1.55 bits per heavy atom. The molecule has 0 saturated heterocycles. The van der Waals surface area contributed by atoms with Crippen molar-refractivity contribution in [2.24, 2.45) is 5.11 Å². The molecular weight excluding hydrogens is 264 g/mol. The second-order valence-electron chi connectivity index (χ2n) is 3.86. The molecule has 1 aromatic rings. The van der Waals surface area contributed by atoms with Gasteiger partial charge in [0.15, 0.2) is 0 Å². The Balaban J connectivity index is 2.89. The molecule has 0 aliphatic heterocycles. The number of hydrogen-bond acceptors (Lipinski definition) is 4. The first-order valence-electron chi connectivity index (χ1n) is 5.71. The normalized spacial score (nSPS) is 10.2. The first-order valence-corrected chi connectivity index (χ1v) is 5.71. The van der Waals surface area contributed by atoms with Crippen LogP contribution in [-0.2, 0) is 11.2 Å². The molecule has 0 bridgehead atoms. The number of carbonyl (C=O) groups is 1. The molecule has 0 amide bonds. The van der Waals surface area contributed by atoms with Gasteiger partial charge in [0.25, 0.3) is 5.69 Å². The summed E-state index contributed by atoms with van der Waals surface area (Å²) in [5, 5.41) is 22.9. The van der Waals surface area contributed by atoms with E-state index in [1.807, 2.05) is 0 Å². The molecular formula is C12H12N4O4. The number of hydrogen-bond donors (Lipinski definition) is 1. The molecule has 0 heterocycles. The number of benzene rings is 1. The highest BCUT2D eigenvalue weighted by molar-refractivity contribution is 5.72. The topological polar surface area (TPSA) is 129 Å². The highest BCUT2D eigenvalue weighted by Crippen LogP contribution is 2.21. The summed E-state index contributed by atoms with van der Waals surface area (Å²) in [4.78, 5) is 23.5. The maximum Gasteiger partial charge on any atom is 0.308 e. The van der Waals surface area contributed by atoms with E-state index in [1.165, 1.54) is 12.1 Å². The standard InChI is InChI=1S/C12H12N4O4/c13-15-14-6-2-1-3-9-4-5-10(8-12(17)18)11(7-9)16(19)20/h1,3-5,7H,2,6,8H2,(H,17,18). The van der Waals surface area contributed by atoms with E-state index in [4.69, 9.17) is 10.6 Å². The van der Waals surface area contributed by atoms with Crippen molar-refractivity contribution >= 4 is 17.7 Å². The van der Waals surface area contributed by atoms with Crippen molar-refractivity contribution in [3.63, 3.8) is 0 Å². The van der Waals surface area contributed by atoms with Crippen molar-refractivity contribution in [1.29, 1.82) is 0 Å². The number of nitro benzene ring substituents is 1. The van der Waals surface area contributed by atoms with Gasteiger partial charge in [-0.15, -0.1) is 0 Å². The molecule has 104 valence electrons. The van der Waals surface area contributed by atoms with Gasteiger partial charge in [-0.05, 0) is 17.5 Å². The fourth-order valence-corrected chi connectivity index (χ4v) is 1.56. The van der Waals surface area contributed by atoms with E-state index in [0.717, 1.165) is 0 Å². The Labute approximate surface area is 114 Å². The predicted octanol–water partition coefficient (Wildman–Crippen LogP) is 2.94. The number of nitro groups is 1. The van der Waals surface area contributed by atoms with Gasteiger partial charge in [-0.25, -0.2) is 0 Å². The first kappa shape index (κ1) is 15.2. The van der Waals surface area contributed by atoms with Crippen LogP contribution in [0, 0.1) is 10.1 Å². The molecule has 0 aliphatic carbocycles. The average Bonchev–Trinajstić information content (AvgIpc) is 2.39. The van der Waals surface area contributed by atoms with Gasteiger partial charge in [-0.1, -0.05) is 29.4 Å². The third-order valence-corrected chi connectivity index (χ3v) is 2.42. The lowest BCUT2D eigenvalue weighted by atomic mass is 10.1. The minimum absolute atomic E-state index is 0.161. The zero-order chi connectivity index (χ0) is 15.0. The maximum absolute atomic E-state index is 10.9. The summed E-state index contributed by atoms with van der Waals surface area (Å²) in [6, 6.07) is 4.36. The lowest BCUT2D eigenvalue weighted by molar-refractivity contribution is -0.385. The summed E-state index contributed by atoms with van der Waals surface area (Å²) < 4.78 is 0. The Hall–Kier alpha value is -2.86. The minimum Gasteiger partial charge on any atom is -0.481 e. The van der Waals surface area contributed by atoms with Crippen molar-refractivity contribution in [1.82, 2.24) is 0 Å². The van der Waals surface area contributed by atoms with Gasteiger partial charge >= 0.3 is 5.97 Å². The molecule has 0 aromatic heterocycles. The Morgan fingerprint density at radius 3 is 2.90 bits per heavy atom. The van der Waals surface area contributed by atoms with Gasteiger partial charge in [0.2, 0.25) is 0 Å². The maximum atomic E-state index is 10.9. The van der Waals surface area contributed by atoms with E-state index in [0.29, 0.717) is 18.5 Å². The van der Waals surface area contributed by atoms with E-state index in [2.05, 4.69) is 10.0 Å². The first-order chi connectivity index (χ1) is 9.54. The lowest BCUT2D eigenvalue weighted by Gasteiger charge is -2.01. The largest absolute Gasteiger partial charge is 0.481 e. The van der Waals surface area contributed by atoms with E-state index < -0.39 is 17.3 Å². The lowest BCUT2D eigenvalue weighted by Crippen LogP contribution is -2.03. The van der Waals surface area contributed by atoms with Crippen molar-refractivity contribution < 1.29 is 14.8 Å². The molecule has 0 aliphatic rings. The monoisotopic (exact) mass is 276 g/mol. The molecule has 1 rings (SSSR count). The van der Waals surface area contributed by atoms with E-state index in [-0.39, 0.29) is 11.3 Å². The number of azide groups is 1. The molecule has 0 saturated carbocycles. The molecule has 1 N–H and O–H groups in total. The SMILES string of the molecule is [N-]=[N+]=NCCC=Cc1ccc(CC(=O)O)c([N+](=O)[O-])c1. The van der Waals surface area contributed by atoms with E-state index in [1.54, 1.807) is 18.2 Å². The van der Waals surface area contributed by atoms with Crippen molar-refractivity contribution in [2.45, 2.75) is 12.8 Å². The Morgan fingerprint density at radius 2 is 2.30 bits per heavy atom. The van der Waals surface area contributed by atoms with Gasteiger partial charge in [0.05, 0.1) is 11.3 Å². The summed E-state index contributed by atoms with van der Waals surface area (Å²) in [6.45, 7) is 0.312. The molecule has 0 spiro atoms.